The third-order valence-corrected chi connectivity index (χ3v) is 3.73. The average Bonchev–Trinajstić information content (AvgIpc) is 3.00. The molecule has 24 heavy (non-hydrogen) atoms. The number of aromatic nitrogens is 4. The van der Waals surface area contributed by atoms with Gasteiger partial charge in [-0.2, -0.15) is 0 Å². The number of carbonyl (C=O) groups excluding carboxylic acids is 4. The van der Waals surface area contributed by atoms with Crippen LogP contribution in [0.3, 0.4) is 0 Å². The summed E-state index contributed by atoms with van der Waals surface area (Å²) in [5.74, 6) is -2.40. The van der Waals surface area contributed by atoms with Crippen molar-refractivity contribution in [2.75, 3.05) is 13.1 Å². The van der Waals surface area contributed by atoms with Crippen LogP contribution in [0.2, 0.25) is 0 Å². The van der Waals surface area contributed by atoms with Crippen LogP contribution in [0.15, 0.2) is 24.8 Å². The van der Waals surface area contributed by atoms with Crippen LogP contribution >= 0.6 is 0 Å². The Hall–Kier alpha value is -3.56. The van der Waals surface area contributed by atoms with Gasteiger partial charge in [0.15, 0.2) is 22.8 Å². The summed E-state index contributed by atoms with van der Waals surface area (Å²) >= 11 is 0. The lowest BCUT2D eigenvalue weighted by Crippen LogP contribution is -2.40. The number of imide groups is 2. The Morgan fingerprint density at radius 2 is 0.792 bits per heavy atom. The van der Waals surface area contributed by atoms with Gasteiger partial charge < -0.3 is 0 Å². The van der Waals surface area contributed by atoms with Crippen molar-refractivity contribution in [3.05, 3.63) is 47.6 Å². The van der Waals surface area contributed by atoms with Gasteiger partial charge in [0.25, 0.3) is 23.6 Å². The second-order valence-corrected chi connectivity index (χ2v) is 5.03. The molecule has 0 unspecified atom stereocenters. The number of hydrogen-bond acceptors (Lipinski definition) is 8. The molecule has 2 aliphatic heterocycles. The zero-order valence-electron chi connectivity index (χ0n) is 12.0. The molecule has 0 atom stereocenters. The highest BCUT2D eigenvalue weighted by atomic mass is 16.2. The van der Waals surface area contributed by atoms with Gasteiger partial charge in [-0.15, -0.1) is 0 Å². The molecule has 0 radical (unpaired) electrons. The molecule has 118 valence electrons. The molecule has 0 bridgehead atoms. The fourth-order valence-corrected chi connectivity index (χ4v) is 2.60. The molecule has 4 amide bonds. The van der Waals surface area contributed by atoms with Gasteiger partial charge in [0, 0.05) is 37.9 Å². The van der Waals surface area contributed by atoms with Crippen molar-refractivity contribution < 1.29 is 19.2 Å². The number of amides is 4. The van der Waals surface area contributed by atoms with E-state index in [2.05, 4.69) is 19.9 Å². The van der Waals surface area contributed by atoms with Crippen LogP contribution < -0.4 is 0 Å². The number of hydrogen-bond donors (Lipinski definition) is 0. The van der Waals surface area contributed by atoms with Crippen molar-refractivity contribution in [2.24, 2.45) is 0 Å². The van der Waals surface area contributed by atoms with E-state index >= 15 is 0 Å². The number of fused-ring (bicyclic) bond motifs is 2. The zero-order valence-corrected chi connectivity index (χ0v) is 12.0. The van der Waals surface area contributed by atoms with Crippen LogP contribution in [-0.2, 0) is 0 Å². The van der Waals surface area contributed by atoms with E-state index in [0.29, 0.717) is 0 Å². The normalized spacial score (nSPS) is 16.0. The van der Waals surface area contributed by atoms with Gasteiger partial charge in [-0.05, 0) is 0 Å². The Labute approximate surface area is 134 Å². The largest absolute Gasteiger partial charge is 0.281 e. The van der Waals surface area contributed by atoms with E-state index in [0.717, 1.165) is 9.80 Å². The summed E-state index contributed by atoms with van der Waals surface area (Å²) in [4.78, 5) is 65.9. The smallest absolute Gasteiger partial charge is 0.270 e. The fourth-order valence-electron chi connectivity index (χ4n) is 2.60. The lowest BCUT2D eigenvalue weighted by Gasteiger charge is -2.18. The summed E-state index contributed by atoms with van der Waals surface area (Å²) in [6, 6.07) is 0. The van der Waals surface area contributed by atoms with E-state index in [4.69, 9.17) is 0 Å². The third kappa shape index (κ3) is 1.82. The lowest BCUT2D eigenvalue weighted by atomic mass is 10.3. The Morgan fingerprint density at radius 1 is 0.542 bits per heavy atom. The van der Waals surface area contributed by atoms with Gasteiger partial charge in [-0.3, -0.25) is 29.0 Å². The topological polar surface area (TPSA) is 126 Å². The van der Waals surface area contributed by atoms with Gasteiger partial charge >= 0.3 is 0 Å². The average molecular weight is 324 g/mol. The van der Waals surface area contributed by atoms with Crippen molar-refractivity contribution in [1.29, 1.82) is 0 Å². The first-order chi connectivity index (χ1) is 11.6. The SMILES string of the molecule is O=C1c2nccnc2C(=O)N1CCN1C(=O)c2nccnc2C1=O. The molecule has 2 aromatic rings. The quantitative estimate of drug-likeness (QED) is 0.669. The molecule has 0 N–H and O–H groups in total. The second kappa shape index (κ2) is 4.98. The van der Waals surface area contributed by atoms with Crippen molar-refractivity contribution in [1.82, 2.24) is 29.7 Å². The van der Waals surface area contributed by atoms with Crippen LogP contribution in [0, 0.1) is 0 Å². The Kier molecular flexibility index (Phi) is 2.92. The molecule has 10 heteroatoms. The van der Waals surface area contributed by atoms with E-state index in [9.17, 15) is 19.2 Å². The van der Waals surface area contributed by atoms with E-state index in [1.165, 1.54) is 24.8 Å². The Bertz CT molecular complexity index is 781. The first-order valence-electron chi connectivity index (χ1n) is 6.94. The maximum Gasteiger partial charge on any atom is 0.281 e. The van der Waals surface area contributed by atoms with E-state index < -0.39 is 23.6 Å². The van der Waals surface area contributed by atoms with Crippen molar-refractivity contribution in [3.8, 4) is 0 Å². The van der Waals surface area contributed by atoms with E-state index in [-0.39, 0.29) is 35.9 Å². The molecule has 0 fully saturated rings. The highest BCUT2D eigenvalue weighted by Crippen LogP contribution is 2.21. The molecule has 0 saturated heterocycles. The van der Waals surface area contributed by atoms with Crippen molar-refractivity contribution >= 4 is 23.6 Å². The van der Waals surface area contributed by atoms with Crippen LogP contribution in [0.5, 0.6) is 0 Å². The molecule has 2 aliphatic rings. The summed E-state index contributed by atoms with van der Waals surface area (Å²) in [5.41, 5.74) is -0.136. The lowest BCUT2D eigenvalue weighted by molar-refractivity contribution is 0.0557. The molecule has 0 saturated carbocycles. The fraction of sp³-hybridized carbons (Fsp3) is 0.143. The molecule has 4 heterocycles. The molecule has 0 spiro atoms. The summed E-state index contributed by atoms with van der Waals surface area (Å²) in [5, 5.41) is 0. The van der Waals surface area contributed by atoms with Crippen LogP contribution in [-0.4, -0.2) is 66.5 Å². The highest BCUT2D eigenvalue weighted by molar-refractivity contribution is 6.20. The van der Waals surface area contributed by atoms with Gasteiger partial charge in [0.1, 0.15) is 0 Å². The van der Waals surface area contributed by atoms with Gasteiger partial charge in [0.2, 0.25) is 0 Å². The monoisotopic (exact) mass is 324 g/mol. The van der Waals surface area contributed by atoms with Crippen LogP contribution in [0.4, 0.5) is 0 Å². The summed E-state index contributed by atoms with van der Waals surface area (Å²) in [6.07, 6.45) is 5.26. The van der Waals surface area contributed by atoms with Crippen molar-refractivity contribution in [3.63, 3.8) is 0 Å². The van der Waals surface area contributed by atoms with Crippen LogP contribution in [0.25, 0.3) is 0 Å². The number of nitrogens with zero attached hydrogens (tertiary/aromatic N) is 6. The number of carbonyl (C=O) groups is 4. The number of rotatable bonds is 3. The minimum atomic E-state index is -0.601. The van der Waals surface area contributed by atoms with E-state index in [1.54, 1.807) is 0 Å². The van der Waals surface area contributed by atoms with E-state index in [1.807, 2.05) is 0 Å². The minimum absolute atomic E-state index is 0.0341. The molecule has 4 rings (SSSR count). The molecular formula is C14H8N6O4. The zero-order chi connectivity index (χ0) is 16.8. The Morgan fingerprint density at radius 3 is 1.04 bits per heavy atom. The predicted molar refractivity (Wildman–Crippen MR) is 74.8 cm³/mol. The summed E-state index contributed by atoms with van der Waals surface area (Å²) in [6.45, 7) is -0.303. The molecule has 0 aromatic carbocycles. The standard InChI is InChI=1S/C14H8N6O4/c21-11-7-8(16-2-1-15-7)12(22)19(11)5-6-20-13(23)9-10(14(20)24)18-4-3-17-9/h1-4H,5-6H2. The first kappa shape index (κ1) is 14.1. The molecule has 10 nitrogen and oxygen atoms in total. The first-order valence-corrected chi connectivity index (χ1v) is 6.94. The predicted octanol–water partition coefficient (Wildman–Crippen LogP) is -0.841. The third-order valence-electron chi connectivity index (χ3n) is 3.73. The van der Waals surface area contributed by atoms with Gasteiger partial charge in [-0.25, -0.2) is 19.9 Å². The maximum atomic E-state index is 12.2. The summed E-state index contributed by atoms with van der Waals surface area (Å²) in [7, 11) is 0. The highest BCUT2D eigenvalue weighted by Gasteiger charge is 2.41. The minimum Gasteiger partial charge on any atom is -0.270 e. The van der Waals surface area contributed by atoms with Gasteiger partial charge in [0.05, 0.1) is 0 Å². The Balaban J connectivity index is 1.53. The molecule has 0 aliphatic carbocycles. The second-order valence-electron chi connectivity index (χ2n) is 5.03. The van der Waals surface area contributed by atoms with Crippen molar-refractivity contribution in [2.45, 2.75) is 0 Å². The summed E-state index contributed by atoms with van der Waals surface area (Å²) < 4.78 is 0. The molecular weight excluding hydrogens is 316 g/mol. The van der Waals surface area contributed by atoms with Crippen LogP contribution in [0.1, 0.15) is 42.0 Å². The maximum absolute atomic E-state index is 12.2. The molecule has 2 aromatic heterocycles. The van der Waals surface area contributed by atoms with Gasteiger partial charge in [-0.1, -0.05) is 0 Å².